The minimum absolute atomic E-state index is 0.0275. The average Bonchev–Trinajstić information content (AvgIpc) is 2.93. The molecule has 1 aromatic rings. The summed E-state index contributed by atoms with van der Waals surface area (Å²) in [6, 6.07) is 4.79. The highest BCUT2D eigenvalue weighted by atomic mass is 16.6. The van der Waals surface area contributed by atoms with Gasteiger partial charge in [-0.1, -0.05) is 26.0 Å². The van der Waals surface area contributed by atoms with Crippen molar-refractivity contribution in [1.82, 2.24) is 20.9 Å². The Morgan fingerprint density at radius 3 is 2.14 bits per heavy atom. The summed E-state index contributed by atoms with van der Waals surface area (Å²) >= 11 is 0. The first kappa shape index (κ1) is 37.9. The molecule has 248 valence electrons. The number of benzene rings is 1. The maximum atomic E-state index is 12.8. The number of alkyl carbamates (subject to hydrolysis) is 2. The highest BCUT2D eigenvalue weighted by Crippen LogP contribution is 2.12. The maximum Gasteiger partial charge on any atom is 0.409 e. The summed E-state index contributed by atoms with van der Waals surface area (Å²) < 4.78 is 20.5. The van der Waals surface area contributed by atoms with Crippen molar-refractivity contribution >= 4 is 35.8 Å². The van der Waals surface area contributed by atoms with Crippen LogP contribution in [0.3, 0.4) is 0 Å². The number of hydrogen-bond acceptors (Lipinski definition) is 10. The lowest BCUT2D eigenvalue weighted by atomic mass is 10.0. The molecule has 0 fully saturated rings. The monoisotopic (exact) mass is 625 g/mol. The number of aliphatic hydroxyl groups is 1. The Morgan fingerprint density at radius 1 is 0.886 bits per heavy atom. The standard InChI is InChI=1S/C29H47N5O10/c1-19(2)23(33-27(39)44-29(4,5)6)25(37)31-20(3)24(36)32-22-10-8-21(9-11-22)18-43-28(40)34(7)13-16-42-26(38)30-12-15-41-17-14-35/h8-11,19-20,23,35H,12-18H2,1-7H3,(H,30,38)(H,31,37)(H,32,36)(H,33,39). The topological polar surface area (TPSA) is 194 Å². The van der Waals surface area contributed by atoms with E-state index in [9.17, 15) is 24.0 Å². The van der Waals surface area contributed by atoms with E-state index in [4.69, 9.17) is 24.1 Å². The molecule has 0 heterocycles. The zero-order valence-corrected chi connectivity index (χ0v) is 26.6. The number of nitrogens with zero attached hydrogens (tertiary/aromatic N) is 1. The maximum absolute atomic E-state index is 12.8. The van der Waals surface area contributed by atoms with Crippen molar-refractivity contribution in [2.24, 2.45) is 5.92 Å². The molecule has 0 saturated carbocycles. The molecule has 2 unspecified atom stereocenters. The Bertz CT molecular complexity index is 1080. The van der Waals surface area contributed by atoms with E-state index in [2.05, 4.69) is 21.3 Å². The number of hydrogen-bond donors (Lipinski definition) is 5. The second kappa shape index (κ2) is 19.2. The first-order valence-corrected chi connectivity index (χ1v) is 14.3. The molecule has 0 aliphatic carbocycles. The molecule has 0 radical (unpaired) electrons. The van der Waals surface area contributed by atoms with Gasteiger partial charge in [-0.05, 0) is 51.3 Å². The van der Waals surface area contributed by atoms with Crippen molar-refractivity contribution < 1.29 is 48.0 Å². The molecule has 2 atom stereocenters. The quantitative estimate of drug-likeness (QED) is 0.134. The van der Waals surface area contributed by atoms with Gasteiger partial charge >= 0.3 is 18.3 Å². The van der Waals surface area contributed by atoms with Crippen LogP contribution in [0.1, 0.15) is 47.1 Å². The number of carbonyl (C=O) groups excluding carboxylic acids is 5. The largest absolute Gasteiger partial charge is 0.448 e. The summed E-state index contributed by atoms with van der Waals surface area (Å²) in [5.41, 5.74) is 0.404. The van der Waals surface area contributed by atoms with Gasteiger partial charge in [-0.15, -0.1) is 0 Å². The smallest absolute Gasteiger partial charge is 0.409 e. The zero-order chi connectivity index (χ0) is 33.3. The molecule has 0 spiro atoms. The predicted octanol–water partition coefficient (Wildman–Crippen LogP) is 1.98. The van der Waals surface area contributed by atoms with Gasteiger partial charge in [0.05, 0.1) is 26.4 Å². The van der Waals surface area contributed by atoms with E-state index >= 15 is 0 Å². The highest BCUT2D eigenvalue weighted by molar-refractivity contribution is 5.98. The Balaban J connectivity index is 2.46. The summed E-state index contributed by atoms with van der Waals surface area (Å²) in [5, 5.41) is 19.0. The van der Waals surface area contributed by atoms with Crippen molar-refractivity contribution in [2.45, 2.75) is 65.8 Å². The van der Waals surface area contributed by atoms with E-state index in [-0.39, 0.29) is 52.0 Å². The molecule has 0 aromatic heterocycles. The van der Waals surface area contributed by atoms with Crippen LogP contribution in [-0.2, 0) is 35.1 Å². The summed E-state index contributed by atoms with van der Waals surface area (Å²) in [6.07, 6.45) is -2.00. The molecule has 15 heteroatoms. The van der Waals surface area contributed by atoms with Crippen LogP contribution in [0.15, 0.2) is 24.3 Å². The molecular formula is C29H47N5O10. The number of aliphatic hydroxyl groups excluding tert-OH is 1. The van der Waals surface area contributed by atoms with Gasteiger partial charge in [-0.2, -0.15) is 0 Å². The number of rotatable bonds is 16. The Kier molecular flexibility index (Phi) is 16.6. The van der Waals surface area contributed by atoms with Crippen molar-refractivity contribution in [1.29, 1.82) is 0 Å². The third-order valence-electron chi connectivity index (χ3n) is 5.68. The number of ether oxygens (including phenoxy) is 4. The van der Waals surface area contributed by atoms with E-state index in [0.29, 0.717) is 11.3 Å². The Labute approximate surface area is 258 Å². The van der Waals surface area contributed by atoms with Crippen molar-refractivity contribution in [3.63, 3.8) is 0 Å². The molecular weight excluding hydrogens is 578 g/mol. The molecule has 15 nitrogen and oxygen atoms in total. The molecule has 5 amide bonds. The first-order chi connectivity index (χ1) is 20.6. The number of carbonyl (C=O) groups is 5. The minimum atomic E-state index is -0.902. The van der Waals surface area contributed by atoms with Crippen LogP contribution >= 0.6 is 0 Å². The van der Waals surface area contributed by atoms with Crippen LogP contribution in [0.4, 0.5) is 20.1 Å². The van der Waals surface area contributed by atoms with Gasteiger partial charge in [-0.3, -0.25) is 9.59 Å². The highest BCUT2D eigenvalue weighted by Gasteiger charge is 2.29. The SMILES string of the molecule is CC(NC(=O)C(NC(=O)OC(C)(C)C)C(C)C)C(=O)Nc1ccc(COC(=O)N(C)CCOC(=O)NCCOCCO)cc1. The third-order valence-corrected chi connectivity index (χ3v) is 5.68. The van der Waals surface area contributed by atoms with E-state index in [1.54, 1.807) is 58.9 Å². The lowest BCUT2D eigenvalue weighted by Gasteiger charge is -2.26. The van der Waals surface area contributed by atoms with Gasteiger partial charge in [0, 0.05) is 19.3 Å². The third kappa shape index (κ3) is 15.9. The molecule has 44 heavy (non-hydrogen) atoms. The normalized spacial score (nSPS) is 12.4. The van der Waals surface area contributed by atoms with Gasteiger partial charge < -0.3 is 50.2 Å². The summed E-state index contributed by atoms with van der Waals surface area (Å²) in [4.78, 5) is 62.7. The van der Waals surface area contributed by atoms with Gasteiger partial charge in [0.2, 0.25) is 11.8 Å². The van der Waals surface area contributed by atoms with Gasteiger partial charge in [0.1, 0.15) is 30.9 Å². The number of anilines is 1. The summed E-state index contributed by atoms with van der Waals surface area (Å²) in [7, 11) is 1.50. The van der Waals surface area contributed by atoms with E-state index < -0.39 is 47.8 Å². The lowest BCUT2D eigenvalue weighted by Crippen LogP contribution is -2.54. The van der Waals surface area contributed by atoms with E-state index in [1.807, 2.05) is 0 Å². The fourth-order valence-corrected chi connectivity index (χ4v) is 3.34. The van der Waals surface area contributed by atoms with Gasteiger partial charge in [0.15, 0.2) is 0 Å². The van der Waals surface area contributed by atoms with E-state index in [0.717, 1.165) is 0 Å². The van der Waals surface area contributed by atoms with E-state index in [1.165, 1.54) is 18.9 Å². The fraction of sp³-hybridized carbons (Fsp3) is 0.621. The molecule has 1 aromatic carbocycles. The molecule has 1 rings (SSSR count). The molecule has 0 saturated heterocycles. The number of nitrogens with one attached hydrogen (secondary N) is 4. The number of amides is 5. The summed E-state index contributed by atoms with van der Waals surface area (Å²) in [5.74, 6) is -1.25. The fourth-order valence-electron chi connectivity index (χ4n) is 3.34. The second-order valence-corrected chi connectivity index (χ2v) is 11.2. The predicted molar refractivity (Wildman–Crippen MR) is 161 cm³/mol. The molecule has 0 aliphatic rings. The lowest BCUT2D eigenvalue weighted by molar-refractivity contribution is -0.128. The molecule has 0 bridgehead atoms. The van der Waals surface area contributed by atoms with Crippen LogP contribution in [0.5, 0.6) is 0 Å². The summed E-state index contributed by atoms with van der Waals surface area (Å²) in [6.45, 7) is 10.8. The molecule has 0 aliphatic heterocycles. The Morgan fingerprint density at radius 2 is 1.55 bits per heavy atom. The zero-order valence-electron chi connectivity index (χ0n) is 26.6. The van der Waals surface area contributed by atoms with Crippen LogP contribution < -0.4 is 21.3 Å². The molecule has 5 N–H and O–H groups in total. The van der Waals surface area contributed by atoms with Crippen LogP contribution in [0.2, 0.25) is 0 Å². The first-order valence-electron chi connectivity index (χ1n) is 14.3. The van der Waals surface area contributed by atoms with Gasteiger partial charge in [0.25, 0.3) is 0 Å². The van der Waals surface area contributed by atoms with Crippen LogP contribution in [0, 0.1) is 5.92 Å². The number of likely N-dealkylation sites (N-methyl/N-ethyl adjacent to an activating group) is 1. The van der Waals surface area contributed by atoms with Crippen LogP contribution in [-0.4, -0.2) is 104 Å². The van der Waals surface area contributed by atoms with Gasteiger partial charge in [-0.25, -0.2) is 14.4 Å². The Hall–Kier alpha value is -4.11. The second-order valence-electron chi connectivity index (χ2n) is 11.2. The minimum Gasteiger partial charge on any atom is -0.448 e. The van der Waals surface area contributed by atoms with Crippen molar-refractivity contribution in [3.8, 4) is 0 Å². The van der Waals surface area contributed by atoms with Crippen LogP contribution in [0.25, 0.3) is 0 Å². The average molecular weight is 626 g/mol. The van der Waals surface area contributed by atoms with Crippen molar-refractivity contribution in [3.05, 3.63) is 29.8 Å². The van der Waals surface area contributed by atoms with Crippen molar-refractivity contribution in [2.75, 3.05) is 51.9 Å².